The summed E-state index contributed by atoms with van der Waals surface area (Å²) in [7, 11) is -3.21. The first-order chi connectivity index (χ1) is 14.4. The van der Waals surface area contributed by atoms with Crippen LogP contribution in [0.4, 0.5) is 17.6 Å². The average Bonchev–Trinajstić information content (AvgIpc) is 3.27. The summed E-state index contributed by atoms with van der Waals surface area (Å²) in [5, 5.41) is 9.92. The fourth-order valence-corrected chi connectivity index (χ4v) is 5.97. The number of hydrogen-bond acceptors (Lipinski definition) is 9. The molecule has 0 unspecified atom stereocenters. The third-order valence-corrected chi connectivity index (χ3v) is 8.75. The van der Waals surface area contributed by atoms with Gasteiger partial charge in [0.2, 0.25) is 5.95 Å². The molecule has 2 N–H and O–H groups in total. The molecule has 2 aliphatic heterocycles. The highest BCUT2D eigenvalue weighted by Crippen LogP contribution is 2.43. The van der Waals surface area contributed by atoms with Gasteiger partial charge in [-0.3, -0.25) is 14.1 Å². The van der Waals surface area contributed by atoms with E-state index in [9.17, 15) is 9.00 Å². The molecular weight excluding hydrogens is 408 g/mol. The molecule has 164 valence electrons. The average molecular weight is 437 g/mol. The van der Waals surface area contributed by atoms with Crippen molar-refractivity contribution in [3.05, 3.63) is 24.0 Å². The minimum absolute atomic E-state index is 0.131. The second-order valence-corrected chi connectivity index (χ2v) is 10.9. The molecule has 2 aliphatic rings. The number of thiol groups is 1. The Kier molecular flexibility index (Phi) is 5.85. The molecule has 2 saturated heterocycles. The van der Waals surface area contributed by atoms with E-state index in [1.54, 1.807) is 18.5 Å². The van der Waals surface area contributed by atoms with Crippen molar-refractivity contribution in [2.24, 2.45) is 0 Å². The van der Waals surface area contributed by atoms with E-state index in [2.05, 4.69) is 27.3 Å². The third kappa shape index (κ3) is 3.84. The number of carbonyl (C=O) groups excluding carboxylic acids is 1. The minimum Gasteiger partial charge on any atom is -0.381 e. The van der Waals surface area contributed by atoms with Gasteiger partial charge in [-0.1, -0.05) is 0 Å². The predicted octanol–water partition coefficient (Wildman–Crippen LogP) is 1.01. The van der Waals surface area contributed by atoms with Gasteiger partial charge in [0.25, 0.3) is 0 Å². The first kappa shape index (κ1) is 20.9. The lowest BCUT2D eigenvalue weighted by molar-refractivity contribution is 0.0741. The summed E-state index contributed by atoms with van der Waals surface area (Å²) >= 11 is 0. The molecule has 11 heteroatoms. The lowest BCUT2D eigenvalue weighted by atomic mass is 9.94. The molecule has 2 fully saturated rings. The smallest absolute Gasteiger partial charge is 0.230 e. The van der Waals surface area contributed by atoms with Crippen LogP contribution in [0, 0.1) is 0 Å². The van der Waals surface area contributed by atoms with Gasteiger partial charge in [-0.2, -0.15) is 10.1 Å². The highest BCUT2D eigenvalue weighted by molar-refractivity contribution is 8.15. The Hall–Kier alpha value is -2.37. The number of aromatic nitrogens is 4. The zero-order chi connectivity index (χ0) is 21.2. The van der Waals surface area contributed by atoms with Crippen LogP contribution in [-0.4, -0.2) is 75.3 Å². The van der Waals surface area contributed by atoms with E-state index in [1.807, 2.05) is 6.07 Å². The van der Waals surface area contributed by atoms with E-state index in [4.69, 9.17) is 19.4 Å². The van der Waals surface area contributed by atoms with Gasteiger partial charge in [-0.15, -0.1) is 0 Å². The number of hydrogen-bond donors (Lipinski definition) is 3. The molecule has 0 bridgehead atoms. The molecule has 0 spiro atoms. The molecule has 4 heterocycles. The lowest BCUT2D eigenvalue weighted by Crippen LogP contribution is -2.47. The highest BCUT2D eigenvalue weighted by Gasteiger charge is 2.46. The largest absolute Gasteiger partial charge is 0.381 e. The van der Waals surface area contributed by atoms with Crippen LogP contribution < -0.4 is 10.2 Å². The van der Waals surface area contributed by atoms with Crippen LogP contribution in [0.15, 0.2) is 18.3 Å². The van der Waals surface area contributed by atoms with Crippen LogP contribution >= 0.6 is 0 Å². The van der Waals surface area contributed by atoms with Gasteiger partial charge >= 0.3 is 0 Å². The molecule has 0 radical (unpaired) electrons. The fourth-order valence-electron chi connectivity index (χ4n) is 4.13. The van der Waals surface area contributed by atoms with Crippen molar-refractivity contribution in [2.75, 3.05) is 49.4 Å². The standard InChI is InChI=1S/C19H28N6O4S/c1-14-12-29-10-7-25(14)17-11-15(21-18(23-17)22-16-3-6-20-24-16)19(30(2,27)13-26)4-8-28-9-5-19/h3,6,11,13-14,30H,4-5,7-10,12H2,1-2H3,(H2,20,21,22,23,24)/t14-/m1/s1. The number of rotatable bonds is 6. The summed E-state index contributed by atoms with van der Waals surface area (Å²) in [5.74, 6) is 1.72. The molecule has 0 amide bonds. The molecule has 0 aromatic carbocycles. The Labute approximate surface area is 176 Å². The van der Waals surface area contributed by atoms with Crippen molar-refractivity contribution >= 4 is 33.1 Å². The van der Waals surface area contributed by atoms with Crippen molar-refractivity contribution in [2.45, 2.75) is 30.6 Å². The second-order valence-electron chi connectivity index (χ2n) is 7.89. The number of nitrogens with one attached hydrogen (secondary N) is 2. The van der Waals surface area contributed by atoms with Crippen molar-refractivity contribution in [3.63, 3.8) is 0 Å². The summed E-state index contributed by atoms with van der Waals surface area (Å²) in [6.07, 6.45) is 4.12. The Morgan fingerprint density at radius 2 is 2.10 bits per heavy atom. The molecule has 0 aliphatic carbocycles. The van der Waals surface area contributed by atoms with E-state index < -0.39 is 14.7 Å². The third-order valence-electron chi connectivity index (χ3n) is 5.97. The van der Waals surface area contributed by atoms with Gasteiger partial charge in [0.05, 0.1) is 35.9 Å². The van der Waals surface area contributed by atoms with Crippen LogP contribution in [0.5, 0.6) is 0 Å². The Morgan fingerprint density at radius 1 is 1.30 bits per heavy atom. The SMILES string of the molecule is C[C@@H]1COCCN1c1cc(C2([SH](C)(=O)C=O)CCOCC2)nc(Nc2ccn[nH]2)n1. The molecule has 2 aromatic heterocycles. The zero-order valence-electron chi connectivity index (χ0n) is 17.2. The first-order valence-electron chi connectivity index (χ1n) is 10.1. The number of aromatic amines is 1. The van der Waals surface area contributed by atoms with Crippen molar-refractivity contribution in [3.8, 4) is 0 Å². The van der Waals surface area contributed by atoms with Gasteiger partial charge in [0.1, 0.15) is 11.6 Å². The number of anilines is 3. The first-order valence-corrected chi connectivity index (χ1v) is 12.3. The molecule has 2 aromatic rings. The summed E-state index contributed by atoms with van der Waals surface area (Å²) in [6.45, 7) is 4.83. The molecule has 1 atom stereocenters. The maximum atomic E-state index is 13.5. The second kappa shape index (κ2) is 8.40. The van der Waals surface area contributed by atoms with Crippen LogP contribution in [-0.2, 0) is 28.9 Å². The van der Waals surface area contributed by atoms with E-state index in [-0.39, 0.29) is 6.04 Å². The molecule has 4 rings (SSSR count). The Bertz CT molecular complexity index is 931. The predicted molar refractivity (Wildman–Crippen MR) is 115 cm³/mol. The maximum absolute atomic E-state index is 13.5. The number of H-pyrrole nitrogens is 1. The summed E-state index contributed by atoms with van der Waals surface area (Å²) in [5.41, 5.74) is 1.22. The van der Waals surface area contributed by atoms with Crippen LogP contribution in [0.25, 0.3) is 0 Å². The van der Waals surface area contributed by atoms with Gasteiger partial charge in [0, 0.05) is 31.9 Å². The monoisotopic (exact) mass is 436 g/mol. The molecular formula is C19H28N6O4S. The van der Waals surface area contributed by atoms with Crippen molar-refractivity contribution in [1.82, 2.24) is 20.2 Å². The van der Waals surface area contributed by atoms with Crippen LogP contribution in [0.1, 0.15) is 25.5 Å². The van der Waals surface area contributed by atoms with E-state index in [0.29, 0.717) is 68.9 Å². The van der Waals surface area contributed by atoms with Crippen LogP contribution in [0.2, 0.25) is 0 Å². The van der Waals surface area contributed by atoms with Gasteiger partial charge < -0.3 is 19.7 Å². The highest BCUT2D eigenvalue weighted by atomic mass is 32.2. The molecule has 30 heavy (non-hydrogen) atoms. The van der Waals surface area contributed by atoms with E-state index >= 15 is 0 Å². The normalized spacial score (nSPS) is 22.5. The fraction of sp³-hybridized carbons (Fsp3) is 0.579. The van der Waals surface area contributed by atoms with Crippen molar-refractivity contribution in [1.29, 1.82) is 0 Å². The topological polar surface area (TPSA) is 122 Å². The Morgan fingerprint density at radius 3 is 2.77 bits per heavy atom. The van der Waals surface area contributed by atoms with Gasteiger partial charge in [-0.05, 0) is 36.0 Å². The number of nitrogens with zero attached hydrogens (tertiary/aromatic N) is 4. The van der Waals surface area contributed by atoms with E-state index in [1.165, 1.54) is 0 Å². The summed E-state index contributed by atoms with van der Waals surface area (Å²) < 4.78 is 23.7. The summed E-state index contributed by atoms with van der Waals surface area (Å²) in [4.78, 5) is 23.5. The minimum atomic E-state index is -3.21. The molecule has 10 nitrogen and oxygen atoms in total. The number of morpholine rings is 1. The van der Waals surface area contributed by atoms with Crippen LogP contribution in [0.3, 0.4) is 0 Å². The summed E-state index contributed by atoms with van der Waals surface area (Å²) in [6, 6.07) is 3.78. The van der Waals surface area contributed by atoms with Gasteiger partial charge in [-0.25, -0.2) is 4.98 Å². The quantitative estimate of drug-likeness (QED) is 0.450. The lowest BCUT2D eigenvalue weighted by Gasteiger charge is -2.42. The number of ether oxygens (including phenoxy) is 2. The van der Waals surface area contributed by atoms with Crippen molar-refractivity contribution < 1.29 is 18.5 Å². The Balaban J connectivity index is 1.83. The van der Waals surface area contributed by atoms with Gasteiger partial charge in [0.15, 0.2) is 5.62 Å². The zero-order valence-corrected chi connectivity index (χ0v) is 18.1. The number of carbonyl (C=O) groups is 1. The molecule has 0 saturated carbocycles. The maximum Gasteiger partial charge on any atom is 0.230 e. The van der Waals surface area contributed by atoms with E-state index in [0.717, 1.165) is 5.82 Å².